The number of hydrogen-bond donors (Lipinski definition) is 2. The highest BCUT2D eigenvalue weighted by Gasteiger charge is 2.28. The van der Waals surface area contributed by atoms with Crippen LogP contribution in [-0.4, -0.2) is 30.6 Å². The summed E-state index contributed by atoms with van der Waals surface area (Å²) in [5.74, 6) is -0.216. The Hall–Kier alpha value is -5.24. The fourth-order valence-electron chi connectivity index (χ4n) is 7.24. The molecule has 8 heteroatoms. The van der Waals surface area contributed by atoms with Gasteiger partial charge in [-0.2, -0.15) is 0 Å². The molecule has 2 aromatic carbocycles. The lowest BCUT2D eigenvalue weighted by Crippen LogP contribution is -2.27. The van der Waals surface area contributed by atoms with E-state index in [9.17, 15) is 9.59 Å². The van der Waals surface area contributed by atoms with Crippen LogP contribution < -0.4 is 10.6 Å². The van der Waals surface area contributed by atoms with Crippen molar-refractivity contribution in [2.75, 3.05) is 0 Å². The van der Waals surface area contributed by atoms with Crippen LogP contribution in [0.5, 0.6) is 0 Å². The van der Waals surface area contributed by atoms with Gasteiger partial charge in [-0.3, -0.25) is 9.59 Å². The Kier molecular flexibility index (Phi) is 6.34. The number of benzene rings is 2. The van der Waals surface area contributed by atoms with Crippen LogP contribution in [0.15, 0.2) is 79.1 Å². The molecule has 6 aromatic rings. The summed E-state index contributed by atoms with van der Waals surface area (Å²) in [6, 6.07) is 22.4. The van der Waals surface area contributed by atoms with E-state index < -0.39 is 0 Å². The number of hydrogen-bond acceptors (Lipinski definition) is 4. The van der Waals surface area contributed by atoms with Crippen LogP contribution in [0.4, 0.5) is 0 Å². The van der Waals surface area contributed by atoms with Crippen LogP contribution in [0.25, 0.3) is 22.6 Å². The van der Waals surface area contributed by atoms with Gasteiger partial charge in [0.05, 0.1) is 28.9 Å². The zero-order valence-electron chi connectivity index (χ0n) is 25.6. The molecular weight excluding hydrogens is 560 g/mol. The van der Waals surface area contributed by atoms with Crippen LogP contribution >= 0.6 is 0 Å². The number of nitrogens with one attached hydrogen (secondary N) is 2. The smallest absolute Gasteiger partial charge is 0.255 e. The van der Waals surface area contributed by atoms with Crippen molar-refractivity contribution in [3.63, 3.8) is 0 Å². The summed E-state index contributed by atoms with van der Waals surface area (Å²) in [6.45, 7) is 6.00. The second-order valence-electron chi connectivity index (χ2n) is 12.4. The van der Waals surface area contributed by atoms with Crippen molar-refractivity contribution < 1.29 is 9.59 Å². The van der Waals surface area contributed by atoms with Gasteiger partial charge in [-0.1, -0.05) is 36.4 Å². The molecule has 2 amide bonds. The molecule has 2 N–H and O–H groups in total. The first-order chi connectivity index (χ1) is 21.8. The Morgan fingerprint density at radius 2 is 1.29 bits per heavy atom. The zero-order valence-corrected chi connectivity index (χ0v) is 25.6. The lowest BCUT2D eigenvalue weighted by atomic mass is 10.0. The van der Waals surface area contributed by atoms with Gasteiger partial charge in [0.25, 0.3) is 11.8 Å². The Labute approximate surface area is 261 Å². The standard InChI is InChI=1S/C37H34N6O2/c1-21-18-22(2)42-16-14-29(34(42)38-21)36(44)41-32-13-10-25-20-26(8-11-28(25)32)33-19-23(3)43-17-15-30(35(43)39-33)37(45)40-31-12-9-24-6-4-5-7-27(24)31/h4-8,11,14-20,31-32H,9-10,12-13H2,1-3H3,(H,40,45)(H,41,44)/t31-,32?/m0/s1. The third-order valence-electron chi connectivity index (χ3n) is 9.50. The van der Waals surface area contributed by atoms with Crippen LogP contribution in [0.2, 0.25) is 0 Å². The predicted octanol–water partition coefficient (Wildman–Crippen LogP) is 6.41. The Bertz CT molecular complexity index is 2170. The third-order valence-corrected chi connectivity index (χ3v) is 9.50. The molecule has 0 spiro atoms. The Morgan fingerprint density at radius 3 is 2.00 bits per heavy atom. The molecule has 8 rings (SSSR count). The molecule has 0 bridgehead atoms. The first-order valence-corrected chi connectivity index (χ1v) is 15.6. The summed E-state index contributed by atoms with van der Waals surface area (Å²) >= 11 is 0. The van der Waals surface area contributed by atoms with Gasteiger partial charge >= 0.3 is 0 Å². The minimum absolute atomic E-state index is 0.0131. The molecule has 2 atom stereocenters. The minimum Gasteiger partial charge on any atom is -0.345 e. The van der Waals surface area contributed by atoms with Crippen molar-refractivity contribution >= 4 is 23.1 Å². The van der Waals surface area contributed by atoms with Crippen molar-refractivity contribution in [2.45, 2.75) is 58.5 Å². The zero-order chi connectivity index (χ0) is 30.8. The van der Waals surface area contributed by atoms with Crippen LogP contribution in [0.1, 0.15) is 85.0 Å². The van der Waals surface area contributed by atoms with E-state index in [0.29, 0.717) is 22.4 Å². The average molecular weight is 595 g/mol. The molecule has 1 unspecified atom stereocenters. The number of carbonyl (C=O) groups is 2. The summed E-state index contributed by atoms with van der Waals surface area (Å²) < 4.78 is 3.93. The minimum atomic E-state index is -0.111. The number of aryl methyl sites for hydroxylation is 5. The van der Waals surface area contributed by atoms with Gasteiger partial charge in [0.1, 0.15) is 11.3 Å². The van der Waals surface area contributed by atoms with Gasteiger partial charge in [-0.25, -0.2) is 9.97 Å². The number of nitrogens with zero attached hydrogens (tertiary/aromatic N) is 4. The molecule has 0 saturated heterocycles. The largest absolute Gasteiger partial charge is 0.345 e. The maximum absolute atomic E-state index is 13.5. The van der Waals surface area contributed by atoms with Crippen molar-refractivity contribution in [1.82, 2.24) is 29.4 Å². The fraction of sp³-hybridized carbons (Fsp3) is 0.243. The van der Waals surface area contributed by atoms with Crippen LogP contribution in [0.3, 0.4) is 0 Å². The topological polar surface area (TPSA) is 92.8 Å². The third kappa shape index (κ3) is 4.60. The molecule has 4 aromatic heterocycles. The van der Waals surface area contributed by atoms with Crippen molar-refractivity contribution in [3.8, 4) is 11.3 Å². The molecule has 0 fully saturated rings. The van der Waals surface area contributed by atoms with E-state index in [1.165, 1.54) is 16.7 Å². The monoisotopic (exact) mass is 594 g/mol. The van der Waals surface area contributed by atoms with Gasteiger partial charge in [-0.05, 0) is 99.0 Å². The maximum Gasteiger partial charge on any atom is 0.255 e. The van der Waals surface area contributed by atoms with Gasteiger partial charge in [0.2, 0.25) is 0 Å². The summed E-state index contributed by atoms with van der Waals surface area (Å²) in [6.07, 6.45) is 7.40. The van der Waals surface area contributed by atoms with Crippen molar-refractivity contribution in [1.29, 1.82) is 0 Å². The van der Waals surface area contributed by atoms with Crippen LogP contribution in [0, 0.1) is 20.8 Å². The number of fused-ring (bicyclic) bond motifs is 4. The van der Waals surface area contributed by atoms with Gasteiger partial charge < -0.3 is 19.4 Å². The predicted molar refractivity (Wildman–Crippen MR) is 174 cm³/mol. The molecule has 0 aliphatic heterocycles. The summed E-state index contributed by atoms with van der Waals surface area (Å²) in [4.78, 5) is 36.5. The molecule has 0 saturated carbocycles. The van der Waals surface area contributed by atoms with E-state index in [-0.39, 0.29) is 23.9 Å². The molecule has 8 nitrogen and oxygen atoms in total. The van der Waals surface area contributed by atoms with E-state index in [1.54, 1.807) is 0 Å². The molecule has 2 aliphatic carbocycles. The van der Waals surface area contributed by atoms with E-state index in [1.807, 2.05) is 66.2 Å². The Balaban J connectivity index is 1.05. The van der Waals surface area contributed by atoms with Gasteiger partial charge in [0.15, 0.2) is 0 Å². The SMILES string of the molecule is Cc1cc(C)n2ccc(C(=O)NC3CCc4cc(-c5cc(C)n6ccc(C(=O)N[C@H]7CCc8ccccc87)c6n5)ccc43)c2n1. The summed E-state index contributed by atoms with van der Waals surface area (Å²) in [5.41, 5.74) is 12.1. The fourth-order valence-corrected chi connectivity index (χ4v) is 7.24. The second-order valence-corrected chi connectivity index (χ2v) is 12.4. The summed E-state index contributed by atoms with van der Waals surface area (Å²) in [5, 5.41) is 6.51. The van der Waals surface area contributed by atoms with E-state index in [2.05, 4.69) is 58.1 Å². The average Bonchev–Trinajstić information content (AvgIpc) is 3.82. The quantitative estimate of drug-likeness (QED) is 0.241. The highest BCUT2D eigenvalue weighted by atomic mass is 16.2. The highest BCUT2D eigenvalue weighted by Crippen LogP contribution is 2.35. The molecule has 224 valence electrons. The number of rotatable bonds is 5. The lowest BCUT2D eigenvalue weighted by molar-refractivity contribution is 0.0930. The normalized spacial score (nSPS) is 17.0. The van der Waals surface area contributed by atoms with Crippen molar-refractivity contribution in [3.05, 3.63) is 130 Å². The highest BCUT2D eigenvalue weighted by molar-refractivity contribution is 6.01. The number of aromatic nitrogens is 4. The number of amides is 2. The summed E-state index contributed by atoms with van der Waals surface area (Å²) in [7, 11) is 0. The molecular formula is C37H34N6O2. The first-order valence-electron chi connectivity index (χ1n) is 15.6. The second kappa shape index (κ2) is 10.4. The molecule has 45 heavy (non-hydrogen) atoms. The number of carbonyl (C=O) groups excluding carboxylic acids is 2. The van der Waals surface area contributed by atoms with Gasteiger partial charge in [0, 0.05) is 35.0 Å². The molecule has 4 heterocycles. The molecule has 0 radical (unpaired) electrons. The maximum atomic E-state index is 13.5. The van der Waals surface area contributed by atoms with E-state index in [4.69, 9.17) is 4.98 Å². The van der Waals surface area contributed by atoms with E-state index in [0.717, 1.165) is 59.6 Å². The Morgan fingerprint density at radius 1 is 0.689 bits per heavy atom. The molecule has 2 aliphatic rings. The van der Waals surface area contributed by atoms with E-state index >= 15 is 0 Å². The van der Waals surface area contributed by atoms with Crippen LogP contribution in [-0.2, 0) is 12.8 Å². The first kappa shape index (κ1) is 27.3. The lowest BCUT2D eigenvalue weighted by Gasteiger charge is -2.15. The van der Waals surface area contributed by atoms with Gasteiger partial charge in [-0.15, -0.1) is 0 Å². The van der Waals surface area contributed by atoms with Crippen molar-refractivity contribution in [2.24, 2.45) is 0 Å².